The summed E-state index contributed by atoms with van der Waals surface area (Å²) >= 11 is 3.31. The van der Waals surface area contributed by atoms with Gasteiger partial charge in [-0.3, -0.25) is 8.37 Å². The molecule has 1 unspecified atom stereocenters. The summed E-state index contributed by atoms with van der Waals surface area (Å²) in [7, 11) is 1.60. The van der Waals surface area contributed by atoms with Gasteiger partial charge in [0.2, 0.25) is 0 Å². The number of hydrogen-bond acceptors (Lipinski definition) is 3. The van der Waals surface area contributed by atoms with Crippen LogP contribution in [0.3, 0.4) is 0 Å². The Bertz CT molecular complexity index is 465. The molecule has 0 radical (unpaired) electrons. The number of halogens is 1. The van der Waals surface area contributed by atoms with Gasteiger partial charge in [0.15, 0.2) is 12.3 Å². The molecule has 0 spiro atoms. The van der Waals surface area contributed by atoms with E-state index in [4.69, 9.17) is 8.37 Å². The first-order valence-corrected chi connectivity index (χ1v) is 7.63. The smallest absolute Gasteiger partial charge is 0.159 e. The highest BCUT2D eigenvalue weighted by Crippen LogP contribution is 2.30. The Labute approximate surface area is 132 Å². The molecule has 2 aromatic carbocycles. The molecule has 0 aliphatic heterocycles. The Morgan fingerprint density at radius 2 is 1.47 bits per heavy atom. The molecule has 0 aromatic heterocycles. The van der Waals surface area contributed by atoms with Gasteiger partial charge in [-0.25, -0.2) is 0 Å². The lowest BCUT2D eigenvalue weighted by Crippen LogP contribution is -2.02. The Morgan fingerprint density at radius 1 is 0.947 bits per heavy atom. The average Bonchev–Trinajstić information content (AvgIpc) is 2.43. The van der Waals surface area contributed by atoms with E-state index in [1.807, 2.05) is 0 Å². The number of aryl methyl sites for hydroxylation is 1. The molecule has 2 aromatic rings. The third-order valence-electron chi connectivity index (χ3n) is 2.76. The molecular formula is C15H15IO2S. The van der Waals surface area contributed by atoms with Crippen molar-refractivity contribution < 1.29 is 8.37 Å². The van der Waals surface area contributed by atoms with Gasteiger partial charge < -0.3 is 0 Å². The summed E-state index contributed by atoms with van der Waals surface area (Å²) in [4.78, 5) is 0. The first kappa shape index (κ1) is 14.8. The van der Waals surface area contributed by atoms with E-state index in [2.05, 4.69) is 78.0 Å². The highest BCUT2D eigenvalue weighted by Gasteiger charge is 2.15. The van der Waals surface area contributed by atoms with Crippen molar-refractivity contribution in [1.29, 1.82) is 0 Å². The van der Waals surface area contributed by atoms with Crippen LogP contribution in [0.2, 0.25) is 0 Å². The minimum Gasteiger partial charge on any atom is -0.295 e. The highest BCUT2D eigenvalue weighted by molar-refractivity contribution is 14.1. The third kappa shape index (κ3) is 4.21. The van der Waals surface area contributed by atoms with E-state index in [-0.39, 0.29) is 6.10 Å². The zero-order valence-corrected chi connectivity index (χ0v) is 13.8. The van der Waals surface area contributed by atoms with Crippen LogP contribution in [0.4, 0.5) is 0 Å². The molecule has 1 atom stereocenters. The van der Waals surface area contributed by atoms with Crippen LogP contribution in [-0.4, -0.2) is 7.11 Å². The molecule has 0 bridgehead atoms. The maximum Gasteiger partial charge on any atom is 0.159 e. The van der Waals surface area contributed by atoms with Gasteiger partial charge >= 0.3 is 0 Å². The molecule has 0 amide bonds. The fourth-order valence-electron chi connectivity index (χ4n) is 1.76. The van der Waals surface area contributed by atoms with Gasteiger partial charge in [-0.2, -0.15) is 0 Å². The molecule has 2 nitrogen and oxygen atoms in total. The molecule has 100 valence electrons. The lowest BCUT2D eigenvalue weighted by molar-refractivity contribution is 0.261. The summed E-state index contributed by atoms with van der Waals surface area (Å²) < 4.78 is 11.9. The van der Waals surface area contributed by atoms with Gasteiger partial charge in [-0.15, -0.1) is 0 Å². The van der Waals surface area contributed by atoms with Crippen LogP contribution in [0.1, 0.15) is 22.8 Å². The van der Waals surface area contributed by atoms with E-state index in [1.165, 1.54) is 9.13 Å². The van der Waals surface area contributed by atoms with Crippen molar-refractivity contribution in [2.75, 3.05) is 7.11 Å². The van der Waals surface area contributed by atoms with Crippen LogP contribution < -0.4 is 0 Å². The first-order valence-electron chi connectivity index (χ1n) is 5.89. The van der Waals surface area contributed by atoms with Crippen LogP contribution >= 0.6 is 34.9 Å². The fraction of sp³-hybridized carbons (Fsp3) is 0.200. The summed E-state index contributed by atoms with van der Waals surface area (Å²) in [6, 6.07) is 16.7. The van der Waals surface area contributed by atoms with E-state index >= 15 is 0 Å². The summed E-state index contributed by atoms with van der Waals surface area (Å²) in [5, 5.41) is 0. The Kier molecular flexibility index (Phi) is 5.69. The number of hydrogen-bond donors (Lipinski definition) is 0. The first-order chi connectivity index (χ1) is 9.20. The van der Waals surface area contributed by atoms with Crippen LogP contribution in [0.25, 0.3) is 0 Å². The quantitative estimate of drug-likeness (QED) is 0.537. The molecule has 0 aliphatic carbocycles. The Hall–Kier alpha value is -0.560. The zero-order chi connectivity index (χ0) is 13.7. The maximum absolute atomic E-state index is 5.74. The molecule has 4 heteroatoms. The average molecular weight is 386 g/mol. The molecule has 0 aliphatic rings. The standard InChI is InChI=1S/C15H15IO2S/c1-11-3-5-12(6-4-11)15(18-19-17-2)13-7-9-14(16)10-8-13/h3-10,15H,1-2H3. The van der Waals surface area contributed by atoms with Gasteiger partial charge in [0.25, 0.3) is 0 Å². The summed E-state index contributed by atoms with van der Waals surface area (Å²) in [6.07, 6.45) is -0.123. The van der Waals surface area contributed by atoms with Crippen molar-refractivity contribution in [3.8, 4) is 0 Å². The second-order valence-corrected chi connectivity index (χ2v) is 6.08. The molecule has 0 fully saturated rings. The lowest BCUT2D eigenvalue weighted by Gasteiger charge is -2.17. The van der Waals surface area contributed by atoms with Crippen molar-refractivity contribution in [3.05, 3.63) is 68.8 Å². The van der Waals surface area contributed by atoms with E-state index in [9.17, 15) is 0 Å². The van der Waals surface area contributed by atoms with Crippen molar-refractivity contribution >= 4 is 34.9 Å². The number of benzene rings is 2. The van der Waals surface area contributed by atoms with Crippen LogP contribution in [0.15, 0.2) is 48.5 Å². The van der Waals surface area contributed by atoms with E-state index in [0.717, 1.165) is 23.5 Å². The van der Waals surface area contributed by atoms with E-state index < -0.39 is 0 Å². The Balaban J connectivity index is 2.29. The molecule has 19 heavy (non-hydrogen) atoms. The predicted molar refractivity (Wildman–Crippen MR) is 87.9 cm³/mol. The van der Waals surface area contributed by atoms with E-state index in [0.29, 0.717) is 0 Å². The van der Waals surface area contributed by atoms with Crippen LogP contribution in [0, 0.1) is 10.5 Å². The van der Waals surface area contributed by atoms with Gasteiger partial charge in [0.05, 0.1) is 7.11 Å². The number of rotatable bonds is 5. The second-order valence-electron chi connectivity index (χ2n) is 4.17. The Morgan fingerprint density at radius 3 is 2.00 bits per heavy atom. The van der Waals surface area contributed by atoms with Gasteiger partial charge in [0, 0.05) is 3.57 Å². The maximum atomic E-state index is 5.74. The molecule has 2 rings (SSSR count). The zero-order valence-electron chi connectivity index (χ0n) is 10.8. The van der Waals surface area contributed by atoms with Crippen molar-refractivity contribution in [3.63, 3.8) is 0 Å². The molecule has 0 saturated carbocycles. The van der Waals surface area contributed by atoms with Gasteiger partial charge in [-0.1, -0.05) is 42.0 Å². The second kappa shape index (κ2) is 7.28. The summed E-state index contributed by atoms with van der Waals surface area (Å²) in [5.41, 5.74) is 3.48. The van der Waals surface area contributed by atoms with Crippen LogP contribution in [0.5, 0.6) is 0 Å². The van der Waals surface area contributed by atoms with E-state index in [1.54, 1.807) is 7.11 Å². The monoisotopic (exact) mass is 386 g/mol. The van der Waals surface area contributed by atoms with Crippen molar-refractivity contribution in [2.45, 2.75) is 13.0 Å². The lowest BCUT2D eigenvalue weighted by atomic mass is 10.0. The molecule has 0 saturated heterocycles. The summed E-state index contributed by atoms with van der Waals surface area (Å²) in [6.45, 7) is 2.08. The minimum absolute atomic E-state index is 0.123. The molecule has 0 N–H and O–H groups in total. The van der Waals surface area contributed by atoms with Gasteiger partial charge in [0.1, 0.15) is 6.10 Å². The topological polar surface area (TPSA) is 18.5 Å². The fourth-order valence-corrected chi connectivity index (χ4v) is 2.50. The van der Waals surface area contributed by atoms with Crippen molar-refractivity contribution in [2.24, 2.45) is 0 Å². The van der Waals surface area contributed by atoms with Gasteiger partial charge in [-0.05, 0) is 52.8 Å². The highest BCUT2D eigenvalue weighted by atomic mass is 127. The summed E-state index contributed by atoms with van der Waals surface area (Å²) in [5.74, 6) is 0. The molecule has 0 heterocycles. The normalized spacial score (nSPS) is 12.4. The predicted octanol–water partition coefficient (Wildman–Crippen LogP) is 4.92. The van der Waals surface area contributed by atoms with Crippen LogP contribution in [-0.2, 0) is 8.37 Å². The van der Waals surface area contributed by atoms with Crippen molar-refractivity contribution in [1.82, 2.24) is 0 Å². The SMILES string of the molecule is COSOC(c1ccc(C)cc1)c1ccc(I)cc1. The largest absolute Gasteiger partial charge is 0.295 e. The molecular weight excluding hydrogens is 371 g/mol. The minimum atomic E-state index is -0.123. The third-order valence-corrected chi connectivity index (χ3v) is 3.88.